The minimum absolute atomic E-state index is 0. The Hall–Kier alpha value is -1.43. The maximum Gasteiger partial charge on any atom is 0.196 e. The van der Waals surface area contributed by atoms with E-state index in [0.717, 1.165) is 15.7 Å². The van der Waals surface area contributed by atoms with Gasteiger partial charge in [-0.25, -0.2) is 4.98 Å². The number of likely N-dealkylation sites (N-methyl/N-ethyl adjacent to an activating group) is 1. The van der Waals surface area contributed by atoms with E-state index in [1.54, 1.807) is 0 Å². The van der Waals surface area contributed by atoms with Gasteiger partial charge in [-0.3, -0.25) is 4.79 Å². The largest absolute Gasteiger partial charge is 0.332 e. The van der Waals surface area contributed by atoms with Gasteiger partial charge in [-0.1, -0.05) is 18.2 Å². The van der Waals surface area contributed by atoms with Crippen LogP contribution in [0, 0.1) is 6.92 Å². The average molecular weight is 312 g/mol. The number of aromatic nitrogens is 1. The minimum Gasteiger partial charge on any atom is -0.332 e. The Balaban J connectivity index is 0.00000200. The standard InChI is InChI=1S/C14H17N3OS.ClH/c1-10-13(12(18)9-17(2)3)16-14(19-10)15-11-7-5-4-6-8-11;/h4-8H,9H2,1-3H3,(H,15,16);1H. The predicted molar refractivity (Wildman–Crippen MR) is 86.7 cm³/mol. The third kappa shape index (κ3) is 4.30. The summed E-state index contributed by atoms with van der Waals surface area (Å²) in [4.78, 5) is 19.2. The molecule has 0 fully saturated rings. The second kappa shape index (κ2) is 7.38. The fourth-order valence-corrected chi connectivity index (χ4v) is 2.57. The van der Waals surface area contributed by atoms with Gasteiger partial charge in [-0.15, -0.1) is 23.7 Å². The number of hydrogen-bond donors (Lipinski definition) is 1. The number of carbonyl (C=O) groups is 1. The van der Waals surface area contributed by atoms with Gasteiger partial charge in [0.1, 0.15) is 5.69 Å². The Kier molecular flexibility index (Phi) is 6.13. The van der Waals surface area contributed by atoms with Crippen molar-refractivity contribution < 1.29 is 4.79 Å². The second-order valence-corrected chi connectivity index (χ2v) is 5.78. The quantitative estimate of drug-likeness (QED) is 0.860. The third-order valence-electron chi connectivity index (χ3n) is 2.55. The summed E-state index contributed by atoms with van der Waals surface area (Å²) in [5.41, 5.74) is 1.54. The molecule has 2 rings (SSSR count). The lowest BCUT2D eigenvalue weighted by atomic mass is 10.2. The SMILES string of the molecule is Cc1sc(Nc2ccccc2)nc1C(=O)CN(C)C.Cl. The molecule has 0 amide bonds. The van der Waals surface area contributed by atoms with Crippen LogP contribution in [-0.2, 0) is 0 Å². The molecule has 6 heteroatoms. The molecule has 4 nitrogen and oxygen atoms in total. The van der Waals surface area contributed by atoms with Crippen LogP contribution in [0.25, 0.3) is 0 Å². The number of nitrogens with one attached hydrogen (secondary N) is 1. The molecule has 0 aliphatic heterocycles. The molecule has 1 heterocycles. The van der Waals surface area contributed by atoms with Gasteiger partial charge in [-0.05, 0) is 33.2 Å². The first-order valence-corrected chi connectivity index (χ1v) is 6.85. The summed E-state index contributed by atoms with van der Waals surface area (Å²) in [6.45, 7) is 2.31. The first kappa shape index (κ1) is 16.6. The molecule has 0 unspecified atom stereocenters. The number of hydrogen-bond acceptors (Lipinski definition) is 5. The van der Waals surface area contributed by atoms with Gasteiger partial charge in [0.25, 0.3) is 0 Å². The molecular formula is C14H18ClN3OS. The Morgan fingerprint density at radius 2 is 1.95 bits per heavy atom. The van der Waals surface area contributed by atoms with E-state index in [9.17, 15) is 4.79 Å². The molecule has 108 valence electrons. The number of anilines is 2. The van der Waals surface area contributed by atoms with Gasteiger partial charge < -0.3 is 10.2 Å². The van der Waals surface area contributed by atoms with Crippen LogP contribution in [-0.4, -0.2) is 36.3 Å². The maximum absolute atomic E-state index is 12.0. The number of ketones is 1. The van der Waals surface area contributed by atoms with E-state index in [-0.39, 0.29) is 18.2 Å². The number of thiazole rings is 1. The molecule has 0 bridgehead atoms. The Bertz CT molecular complexity index is 569. The van der Waals surface area contributed by atoms with Crippen molar-refractivity contribution in [1.29, 1.82) is 0 Å². The van der Waals surface area contributed by atoms with E-state index in [1.165, 1.54) is 11.3 Å². The van der Waals surface area contributed by atoms with Crippen molar-refractivity contribution in [1.82, 2.24) is 9.88 Å². The van der Waals surface area contributed by atoms with Crippen molar-refractivity contribution in [3.8, 4) is 0 Å². The van der Waals surface area contributed by atoms with E-state index in [4.69, 9.17) is 0 Å². The van der Waals surface area contributed by atoms with Crippen molar-refractivity contribution in [2.24, 2.45) is 0 Å². The zero-order valence-electron chi connectivity index (χ0n) is 11.7. The van der Waals surface area contributed by atoms with Crippen molar-refractivity contribution in [3.63, 3.8) is 0 Å². The van der Waals surface area contributed by atoms with Crippen LogP contribution in [0.5, 0.6) is 0 Å². The van der Waals surface area contributed by atoms with Gasteiger partial charge in [-0.2, -0.15) is 0 Å². The normalized spacial score (nSPS) is 10.2. The van der Waals surface area contributed by atoms with E-state index in [0.29, 0.717) is 12.2 Å². The summed E-state index contributed by atoms with van der Waals surface area (Å²) < 4.78 is 0. The molecular weight excluding hydrogens is 294 g/mol. The van der Waals surface area contributed by atoms with Gasteiger partial charge in [0.15, 0.2) is 10.9 Å². The number of benzene rings is 1. The highest BCUT2D eigenvalue weighted by Crippen LogP contribution is 2.25. The van der Waals surface area contributed by atoms with E-state index >= 15 is 0 Å². The highest BCUT2D eigenvalue weighted by molar-refractivity contribution is 7.15. The fraction of sp³-hybridized carbons (Fsp3) is 0.286. The highest BCUT2D eigenvalue weighted by atomic mass is 35.5. The van der Waals surface area contributed by atoms with Gasteiger partial charge in [0.05, 0.1) is 6.54 Å². The monoisotopic (exact) mass is 311 g/mol. The topological polar surface area (TPSA) is 45.2 Å². The lowest BCUT2D eigenvalue weighted by Gasteiger charge is -2.06. The van der Waals surface area contributed by atoms with Gasteiger partial charge in [0.2, 0.25) is 0 Å². The number of nitrogens with zero attached hydrogens (tertiary/aromatic N) is 2. The Labute approximate surface area is 129 Å². The molecule has 2 aromatic rings. The van der Waals surface area contributed by atoms with Crippen LogP contribution in [0.2, 0.25) is 0 Å². The predicted octanol–water partition coefficient (Wildman–Crippen LogP) is 3.36. The maximum atomic E-state index is 12.0. The van der Waals surface area contributed by atoms with Crippen LogP contribution >= 0.6 is 23.7 Å². The Morgan fingerprint density at radius 1 is 1.30 bits per heavy atom. The number of aryl methyl sites for hydroxylation is 1. The van der Waals surface area contributed by atoms with Crippen LogP contribution in [0.1, 0.15) is 15.4 Å². The number of para-hydroxylation sites is 1. The highest BCUT2D eigenvalue weighted by Gasteiger charge is 2.15. The minimum atomic E-state index is 0. The molecule has 1 aromatic carbocycles. The first-order chi connectivity index (χ1) is 9.06. The fourth-order valence-electron chi connectivity index (χ4n) is 1.72. The van der Waals surface area contributed by atoms with Crippen LogP contribution in [0.15, 0.2) is 30.3 Å². The summed E-state index contributed by atoms with van der Waals surface area (Å²) in [5.74, 6) is 0.0554. The summed E-state index contributed by atoms with van der Waals surface area (Å²) in [6.07, 6.45) is 0. The number of carbonyl (C=O) groups excluding carboxylic acids is 1. The zero-order valence-corrected chi connectivity index (χ0v) is 13.3. The smallest absolute Gasteiger partial charge is 0.196 e. The molecule has 0 saturated heterocycles. The molecule has 0 aliphatic carbocycles. The molecule has 0 atom stereocenters. The molecule has 0 spiro atoms. The van der Waals surface area contributed by atoms with Gasteiger partial charge >= 0.3 is 0 Å². The summed E-state index contributed by atoms with van der Waals surface area (Å²) >= 11 is 1.50. The molecule has 0 saturated carbocycles. The van der Waals surface area contributed by atoms with Crippen LogP contribution in [0.3, 0.4) is 0 Å². The van der Waals surface area contributed by atoms with E-state index < -0.39 is 0 Å². The van der Waals surface area contributed by atoms with E-state index in [2.05, 4.69) is 10.3 Å². The number of halogens is 1. The van der Waals surface area contributed by atoms with Crippen molar-refractivity contribution in [2.45, 2.75) is 6.92 Å². The molecule has 0 aliphatic rings. The first-order valence-electron chi connectivity index (χ1n) is 6.03. The van der Waals surface area contributed by atoms with Gasteiger partial charge in [0, 0.05) is 10.6 Å². The van der Waals surface area contributed by atoms with E-state index in [1.807, 2.05) is 56.3 Å². The second-order valence-electron chi connectivity index (χ2n) is 4.58. The summed E-state index contributed by atoms with van der Waals surface area (Å²) in [6, 6.07) is 9.82. The lowest BCUT2D eigenvalue weighted by molar-refractivity contribution is 0.0953. The van der Waals surface area contributed by atoms with Crippen LogP contribution < -0.4 is 5.32 Å². The summed E-state index contributed by atoms with van der Waals surface area (Å²) in [7, 11) is 3.76. The third-order valence-corrected chi connectivity index (χ3v) is 3.43. The van der Waals surface area contributed by atoms with Crippen LogP contribution in [0.4, 0.5) is 10.8 Å². The molecule has 0 radical (unpaired) electrons. The van der Waals surface area contributed by atoms with Crippen molar-refractivity contribution in [2.75, 3.05) is 26.0 Å². The Morgan fingerprint density at radius 3 is 2.55 bits per heavy atom. The zero-order chi connectivity index (χ0) is 13.8. The number of Topliss-reactive ketones (excluding diaryl/α,β-unsaturated/α-hetero) is 1. The lowest BCUT2D eigenvalue weighted by Crippen LogP contribution is -2.22. The molecule has 1 aromatic heterocycles. The molecule has 1 N–H and O–H groups in total. The summed E-state index contributed by atoms with van der Waals surface area (Å²) in [5, 5.41) is 3.97. The average Bonchev–Trinajstić information content (AvgIpc) is 2.70. The number of rotatable bonds is 5. The molecule has 20 heavy (non-hydrogen) atoms. The van der Waals surface area contributed by atoms with Crippen molar-refractivity contribution in [3.05, 3.63) is 40.9 Å². The van der Waals surface area contributed by atoms with Crippen molar-refractivity contribution >= 4 is 40.3 Å².